The molecule has 0 radical (unpaired) electrons. The van der Waals surface area contributed by atoms with Crippen LogP contribution in [-0.2, 0) is 0 Å². The predicted molar refractivity (Wildman–Crippen MR) is 78.5 cm³/mol. The summed E-state index contributed by atoms with van der Waals surface area (Å²) in [5.41, 5.74) is 4.76. The lowest BCUT2D eigenvalue weighted by Crippen LogP contribution is -2.48. The third-order valence-electron chi connectivity index (χ3n) is 4.80. The second kappa shape index (κ2) is 4.34. The summed E-state index contributed by atoms with van der Waals surface area (Å²) in [5.74, 6) is 1.57. The molecule has 0 aromatic rings. The largest absolute Gasteiger partial charge is 0.359 e. The highest BCUT2D eigenvalue weighted by atomic mass is 32.1. The van der Waals surface area contributed by atoms with Crippen LogP contribution < -0.4 is 10.7 Å². The van der Waals surface area contributed by atoms with Crippen LogP contribution in [0.1, 0.15) is 39.5 Å². The second-order valence-corrected chi connectivity index (χ2v) is 6.77. The molecule has 0 aliphatic heterocycles. The van der Waals surface area contributed by atoms with Gasteiger partial charge in [0.2, 0.25) is 0 Å². The molecule has 2 atom stereocenters. The van der Waals surface area contributed by atoms with Crippen LogP contribution in [0.5, 0.6) is 0 Å². The molecule has 2 N–H and O–H groups in total. The maximum atomic E-state index is 5.17. The Labute approximate surface area is 114 Å². The molecule has 2 saturated carbocycles. The molecule has 0 saturated heterocycles. The summed E-state index contributed by atoms with van der Waals surface area (Å²) in [5, 5.41) is 8.13. The maximum Gasteiger partial charge on any atom is 0.187 e. The second-order valence-electron chi connectivity index (χ2n) is 6.36. The topological polar surface area (TPSA) is 36.4 Å². The number of fused-ring (bicyclic) bond motifs is 1. The van der Waals surface area contributed by atoms with Gasteiger partial charge in [-0.1, -0.05) is 19.9 Å². The minimum atomic E-state index is 0.461. The monoisotopic (exact) mass is 263 g/mol. The molecule has 2 fully saturated rings. The van der Waals surface area contributed by atoms with E-state index in [1.807, 2.05) is 6.21 Å². The lowest BCUT2D eigenvalue weighted by Gasteiger charge is -2.55. The smallest absolute Gasteiger partial charge is 0.187 e. The van der Waals surface area contributed by atoms with Crippen molar-refractivity contribution in [3.05, 3.63) is 11.6 Å². The van der Waals surface area contributed by atoms with E-state index in [9.17, 15) is 0 Å². The lowest BCUT2D eigenvalue weighted by atomic mass is 9.49. The van der Waals surface area contributed by atoms with Crippen molar-refractivity contribution in [1.82, 2.24) is 10.7 Å². The Hall–Kier alpha value is -0.900. The Balaban J connectivity index is 1.53. The summed E-state index contributed by atoms with van der Waals surface area (Å²) in [4.78, 5) is 0. The molecule has 0 spiro atoms. The van der Waals surface area contributed by atoms with Crippen LogP contribution in [0, 0.1) is 17.3 Å². The van der Waals surface area contributed by atoms with Gasteiger partial charge in [0.1, 0.15) is 0 Å². The van der Waals surface area contributed by atoms with Gasteiger partial charge >= 0.3 is 0 Å². The highest BCUT2D eigenvalue weighted by molar-refractivity contribution is 7.80. The Morgan fingerprint density at radius 2 is 2.28 bits per heavy atom. The molecule has 0 heterocycles. The van der Waals surface area contributed by atoms with E-state index in [1.165, 1.54) is 31.3 Å². The Bertz CT molecular complexity index is 421. The van der Waals surface area contributed by atoms with Gasteiger partial charge in [-0.3, -0.25) is 5.43 Å². The summed E-state index contributed by atoms with van der Waals surface area (Å²) in [7, 11) is 0. The first kappa shape index (κ1) is 12.2. The zero-order valence-electron chi connectivity index (χ0n) is 11.1. The fourth-order valence-electron chi connectivity index (χ4n) is 3.16. The minimum Gasteiger partial charge on any atom is -0.359 e. The summed E-state index contributed by atoms with van der Waals surface area (Å²) in [6.45, 7) is 4.75. The van der Waals surface area contributed by atoms with E-state index in [0.717, 1.165) is 5.92 Å². The van der Waals surface area contributed by atoms with Gasteiger partial charge in [-0.05, 0) is 60.7 Å². The van der Waals surface area contributed by atoms with Gasteiger partial charge in [0, 0.05) is 6.04 Å². The Morgan fingerprint density at radius 1 is 1.50 bits per heavy atom. The molecule has 98 valence electrons. The average Bonchev–Trinajstić information content (AvgIpc) is 3.13. The summed E-state index contributed by atoms with van der Waals surface area (Å²) >= 11 is 5.17. The predicted octanol–water partition coefficient (Wildman–Crippen LogP) is 2.59. The van der Waals surface area contributed by atoms with Crippen molar-refractivity contribution in [1.29, 1.82) is 0 Å². The van der Waals surface area contributed by atoms with Gasteiger partial charge in [0.15, 0.2) is 5.11 Å². The van der Waals surface area contributed by atoms with Crippen LogP contribution >= 0.6 is 12.2 Å². The van der Waals surface area contributed by atoms with Crippen molar-refractivity contribution >= 4 is 23.5 Å². The van der Waals surface area contributed by atoms with E-state index in [0.29, 0.717) is 22.5 Å². The molecular formula is C14H21N3S. The van der Waals surface area contributed by atoms with Gasteiger partial charge in [0.05, 0.1) is 6.21 Å². The molecule has 4 aliphatic carbocycles. The third-order valence-corrected chi connectivity index (χ3v) is 5.01. The number of thiocarbonyl (C=S) groups is 1. The first-order valence-corrected chi connectivity index (χ1v) is 7.28. The van der Waals surface area contributed by atoms with Crippen LogP contribution in [0.4, 0.5) is 0 Å². The standard InChI is InChI=1S/C14H21N3S/c1-14(2)10-4-3-9(12(14)7-10)8-15-17-13(18)16-11-5-6-11/h3,8,10-12H,4-7H2,1-2H3,(H2,16,17,18). The van der Waals surface area contributed by atoms with Gasteiger partial charge in [-0.25, -0.2) is 0 Å². The summed E-state index contributed by atoms with van der Waals surface area (Å²) in [6, 6.07) is 0.584. The number of rotatable bonds is 3. The van der Waals surface area contributed by atoms with Crippen LogP contribution in [0.15, 0.2) is 16.8 Å². The molecule has 4 heteroatoms. The molecule has 3 nitrogen and oxygen atoms in total. The third kappa shape index (κ3) is 2.18. The zero-order chi connectivity index (χ0) is 12.8. The summed E-state index contributed by atoms with van der Waals surface area (Å²) in [6.07, 6.45) is 9.29. The average molecular weight is 263 g/mol. The fourth-order valence-corrected chi connectivity index (χ4v) is 3.38. The Morgan fingerprint density at radius 3 is 2.89 bits per heavy atom. The maximum absolute atomic E-state index is 5.17. The fraction of sp³-hybridized carbons (Fsp3) is 0.714. The Kier molecular flexibility index (Phi) is 2.93. The lowest BCUT2D eigenvalue weighted by molar-refractivity contribution is -0.00126. The molecule has 0 aromatic carbocycles. The van der Waals surface area contributed by atoms with E-state index < -0.39 is 0 Å². The van der Waals surface area contributed by atoms with Crippen molar-refractivity contribution in [2.24, 2.45) is 22.4 Å². The van der Waals surface area contributed by atoms with Crippen LogP contribution in [0.2, 0.25) is 0 Å². The molecular weight excluding hydrogens is 242 g/mol. The molecule has 18 heavy (non-hydrogen) atoms. The molecule has 2 unspecified atom stereocenters. The molecule has 0 amide bonds. The highest BCUT2D eigenvalue weighted by Crippen LogP contribution is 2.58. The van der Waals surface area contributed by atoms with E-state index in [4.69, 9.17) is 12.2 Å². The van der Waals surface area contributed by atoms with E-state index >= 15 is 0 Å². The number of hydrogen-bond donors (Lipinski definition) is 2. The number of hydrogen-bond acceptors (Lipinski definition) is 2. The first-order valence-electron chi connectivity index (χ1n) is 6.87. The molecule has 4 rings (SSSR count). The van der Waals surface area contributed by atoms with Crippen molar-refractivity contribution < 1.29 is 0 Å². The quantitative estimate of drug-likeness (QED) is 0.467. The minimum absolute atomic E-state index is 0.461. The normalized spacial score (nSPS) is 32.7. The van der Waals surface area contributed by atoms with E-state index in [2.05, 4.69) is 35.8 Å². The SMILES string of the molecule is CC1(C)C2CC=C(C=NNC(=S)NC3CC3)C1C2. The van der Waals surface area contributed by atoms with Crippen LogP contribution in [-0.4, -0.2) is 17.4 Å². The van der Waals surface area contributed by atoms with Gasteiger partial charge in [-0.15, -0.1) is 0 Å². The molecule has 4 aliphatic rings. The number of nitrogens with one attached hydrogen (secondary N) is 2. The van der Waals surface area contributed by atoms with Crippen molar-refractivity contribution in [3.8, 4) is 0 Å². The molecule has 2 bridgehead atoms. The molecule has 0 aromatic heterocycles. The van der Waals surface area contributed by atoms with E-state index in [-0.39, 0.29) is 0 Å². The van der Waals surface area contributed by atoms with Crippen LogP contribution in [0.3, 0.4) is 0 Å². The van der Waals surface area contributed by atoms with Gasteiger partial charge < -0.3 is 5.32 Å². The number of nitrogens with zero attached hydrogens (tertiary/aromatic N) is 1. The van der Waals surface area contributed by atoms with E-state index in [1.54, 1.807) is 0 Å². The summed E-state index contributed by atoms with van der Waals surface area (Å²) < 4.78 is 0. The first-order chi connectivity index (χ1) is 8.57. The van der Waals surface area contributed by atoms with Gasteiger partial charge in [0.25, 0.3) is 0 Å². The number of hydrazone groups is 1. The van der Waals surface area contributed by atoms with Crippen molar-refractivity contribution in [2.75, 3.05) is 0 Å². The van der Waals surface area contributed by atoms with Crippen molar-refractivity contribution in [3.63, 3.8) is 0 Å². The zero-order valence-corrected chi connectivity index (χ0v) is 11.9. The number of allylic oxidation sites excluding steroid dienone is 2. The highest BCUT2D eigenvalue weighted by Gasteiger charge is 2.50. The van der Waals surface area contributed by atoms with Gasteiger partial charge in [-0.2, -0.15) is 5.10 Å². The van der Waals surface area contributed by atoms with Crippen molar-refractivity contribution in [2.45, 2.75) is 45.6 Å². The van der Waals surface area contributed by atoms with Crippen LogP contribution in [0.25, 0.3) is 0 Å².